The van der Waals surface area contributed by atoms with Crippen molar-refractivity contribution in [2.24, 2.45) is 0 Å². The molecule has 1 heterocycles. The molecule has 1 aliphatic rings. The van der Waals surface area contributed by atoms with E-state index in [0.29, 0.717) is 0 Å². The largest absolute Gasteiger partial charge is 0.497 e. The quantitative estimate of drug-likeness (QED) is 0.624. The first kappa shape index (κ1) is 16.2. The molecule has 0 N–H and O–H groups in total. The molecule has 0 bridgehead atoms. The van der Waals surface area contributed by atoms with Crippen LogP contribution in [0, 0.1) is 0 Å². The summed E-state index contributed by atoms with van der Waals surface area (Å²) in [6.45, 7) is 2.06. The molecule has 3 nitrogen and oxygen atoms in total. The number of rotatable bonds is 4. The van der Waals surface area contributed by atoms with Gasteiger partial charge in [0, 0.05) is 50.5 Å². The topological polar surface area (TPSA) is 15.7 Å². The minimum atomic E-state index is 0.864. The van der Waals surface area contributed by atoms with Gasteiger partial charge in [0.2, 0.25) is 0 Å². The summed E-state index contributed by atoms with van der Waals surface area (Å²) in [5, 5.41) is 0. The normalized spacial score (nSPS) is 15.8. The molecule has 1 aromatic rings. The summed E-state index contributed by atoms with van der Waals surface area (Å²) in [6.07, 6.45) is 2.10. The molecule has 0 atom stereocenters. The molecule has 1 fully saturated rings. The maximum absolute atomic E-state index is 5.75. The van der Waals surface area contributed by atoms with E-state index in [4.69, 9.17) is 17.0 Å². The molecule has 0 amide bonds. The van der Waals surface area contributed by atoms with Crippen LogP contribution in [0.4, 0.5) is 0 Å². The lowest BCUT2D eigenvalue weighted by Gasteiger charge is -2.30. The lowest BCUT2D eigenvalue weighted by molar-refractivity contribution is 0.415. The van der Waals surface area contributed by atoms with Gasteiger partial charge in [-0.25, -0.2) is 0 Å². The average molecular weight is 322 g/mol. The lowest BCUT2D eigenvalue weighted by atomic mass is 10.1. The van der Waals surface area contributed by atoms with Crippen LogP contribution in [0.1, 0.15) is 5.56 Å². The van der Waals surface area contributed by atoms with Gasteiger partial charge in [-0.15, -0.1) is 0 Å². The van der Waals surface area contributed by atoms with E-state index in [0.717, 1.165) is 46.5 Å². The minimum absolute atomic E-state index is 0.864. The second-order valence-electron chi connectivity index (χ2n) is 5.14. The van der Waals surface area contributed by atoms with Crippen molar-refractivity contribution < 1.29 is 4.74 Å². The fourth-order valence-corrected chi connectivity index (χ4v) is 3.48. The third-order valence-electron chi connectivity index (χ3n) is 3.32. The molecule has 0 aliphatic carbocycles. The molecule has 5 heteroatoms. The van der Waals surface area contributed by atoms with Crippen LogP contribution in [0.25, 0.3) is 5.57 Å². The van der Waals surface area contributed by atoms with Crippen molar-refractivity contribution in [3.63, 3.8) is 0 Å². The van der Waals surface area contributed by atoms with E-state index in [9.17, 15) is 0 Å². The van der Waals surface area contributed by atoms with Crippen molar-refractivity contribution in [3.05, 3.63) is 36.0 Å². The van der Waals surface area contributed by atoms with Crippen molar-refractivity contribution in [2.45, 2.75) is 0 Å². The third kappa shape index (κ3) is 4.38. The molecule has 0 aromatic heterocycles. The Morgan fingerprint density at radius 2 is 1.86 bits per heavy atom. The van der Waals surface area contributed by atoms with Gasteiger partial charge in [0.05, 0.1) is 7.11 Å². The first-order valence-corrected chi connectivity index (χ1v) is 8.58. The van der Waals surface area contributed by atoms with E-state index < -0.39 is 0 Å². The Morgan fingerprint density at radius 1 is 1.24 bits per heavy atom. The van der Waals surface area contributed by atoms with Gasteiger partial charge < -0.3 is 14.5 Å². The highest BCUT2D eigenvalue weighted by atomic mass is 32.2. The summed E-state index contributed by atoms with van der Waals surface area (Å²) in [5.41, 5.74) is 2.23. The van der Waals surface area contributed by atoms with E-state index in [2.05, 4.69) is 23.2 Å². The Morgan fingerprint density at radius 3 is 2.38 bits per heavy atom. The number of methoxy groups -OCH3 is 1. The number of benzene rings is 1. The van der Waals surface area contributed by atoms with E-state index in [1.807, 2.05) is 42.9 Å². The summed E-state index contributed by atoms with van der Waals surface area (Å²) in [6, 6.07) is 8.10. The van der Waals surface area contributed by atoms with E-state index in [1.54, 1.807) is 7.11 Å². The molecule has 21 heavy (non-hydrogen) atoms. The standard InChI is InChI=1S/C16H22N2OS2/c1-17(2)12-15(13-4-6-14(19-3)7-5-13)16(20)18-8-10-21-11-9-18/h4-7,12H,8-11H2,1-3H3. The summed E-state index contributed by atoms with van der Waals surface area (Å²) >= 11 is 7.74. The van der Waals surface area contributed by atoms with E-state index in [-0.39, 0.29) is 0 Å². The SMILES string of the molecule is COc1ccc(C(=CN(C)C)C(=S)N2CCSCC2)cc1. The van der Waals surface area contributed by atoms with Crippen molar-refractivity contribution >= 4 is 34.5 Å². The summed E-state index contributed by atoms with van der Waals surface area (Å²) in [7, 11) is 5.73. The van der Waals surface area contributed by atoms with Gasteiger partial charge in [-0.05, 0) is 17.7 Å². The van der Waals surface area contributed by atoms with Gasteiger partial charge in [-0.1, -0.05) is 24.4 Å². The van der Waals surface area contributed by atoms with Crippen molar-refractivity contribution in [3.8, 4) is 5.75 Å². The highest BCUT2D eigenvalue weighted by Crippen LogP contribution is 2.23. The van der Waals surface area contributed by atoms with Gasteiger partial charge >= 0.3 is 0 Å². The second kappa shape index (κ2) is 7.71. The van der Waals surface area contributed by atoms with Crippen LogP contribution in [0.5, 0.6) is 5.75 Å². The van der Waals surface area contributed by atoms with Gasteiger partial charge in [0.15, 0.2) is 0 Å². The molecular formula is C16H22N2OS2. The Bertz CT molecular complexity index is 506. The highest BCUT2D eigenvalue weighted by Gasteiger charge is 2.18. The zero-order chi connectivity index (χ0) is 15.2. The van der Waals surface area contributed by atoms with Crippen LogP contribution >= 0.6 is 24.0 Å². The highest BCUT2D eigenvalue weighted by molar-refractivity contribution is 7.99. The molecular weight excluding hydrogens is 300 g/mol. The van der Waals surface area contributed by atoms with Crippen LogP contribution < -0.4 is 4.74 Å². The number of thiocarbonyl (C=S) groups is 1. The van der Waals surface area contributed by atoms with Crippen LogP contribution in [0.2, 0.25) is 0 Å². The third-order valence-corrected chi connectivity index (χ3v) is 4.74. The Kier molecular flexibility index (Phi) is 5.94. The lowest BCUT2D eigenvalue weighted by Crippen LogP contribution is -2.37. The Hall–Kier alpha value is -1.20. The first-order valence-electron chi connectivity index (χ1n) is 7.01. The van der Waals surface area contributed by atoms with Crippen LogP contribution in [-0.4, -0.2) is 60.6 Å². The minimum Gasteiger partial charge on any atom is -0.497 e. The zero-order valence-electron chi connectivity index (χ0n) is 12.8. The van der Waals surface area contributed by atoms with Crippen molar-refractivity contribution in [2.75, 3.05) is 45.8 Å². The monoisotopic (exact) mass is 322 g/mol. The molecule has 0 unspecified atom stereocenters. The number of thioether (sulfide) groups is 1. The van der Waals surface area contributed by atoms with Gasteiger partial charge in [-0.2, -0.15) is 11.8 Å². The number of hydrogen-bond donors (Lipinski definition) is 0. The summed E-state index contributed by atoms with van der Waals surface area (Å²) in [5.74, 6) is 3.17. The Labute approximate surface area is 137 Å². The average Bonchev–Trinajstić information content (AvgIpc) is 2.53. The summed E-state index contributed by atoms with van der Waals surface area (Å²) in [4.78, 5) is 5.30. The zero-order valence-corrected chi connectivity index (χ0v) is 14.5. The smallest absolute Gasteiger partial charge is 0.118 e. The molecule has 1 aromatic carbocycles. The van der Waals surface area contributed by atoms with Gasteiger partial charge in [0.25, 0.3) is 0 Å². The van der Waals surface area contributed by atoms with E-state index in [1.165, 1.54) is 0 Å². The van der Waals surface area contributed by atoms with Crippen molar-refractivity contribution in [1.29, 1.82) is 0 Å². The number of hydrogen-bond acceptors (Lipinski definition) is 4. The maximum atomic E-state index is 5.75. The van der Waals surface area contributed by atoms with Gasteiger partial charge in [0.1, 0.15) is 10.7 Å². The van der Waals surface area contributed by atoms with Crippen LogP contribution in [0.3, 0.4) is 0 Å². The molecule has 0 saturated carbocycles. The maximum Gasteiger partial charge on any atom is 0.118 e. The predicted molar refractivity (Wildman–Crippen MR) is 96.2 cm³/mol. The molecule has 2 rings (SSSR count). The van der Waals surface area contributed by atoms with Crippen LogP contribution in [0.15, 0.2) is 30.5 Å². The molecule has 1 aliphatic heterocycles. The number of nitrogens with zero attached hydrogens (tertiary/aromatic N) is 2. The van der Waals surface area contributed by atoms with E-state index >= 15 is 0 Å². The molecule has 0 spiro atoms. The first-order chi connectivity index (χ1) is 10.1. The molecule has 0 radical (unpaired) electrons. The predicted octanol–water partition coefficient (Wildman–Crippen LogP) is 2.97. The fraction of sp³-hybridized carbons (Fsp3) is 0.438. The Balaban J connectivity index is 2.26. The number of ether oxygens (including phenoxy) is 1. The molecule has 1 saturated heterocycles. The second-order valence-corrected chi connectivity index (χ2v) is 6.75. The van der Waals surface area contributed by atoms with Crippen molar-refractivity contribution in [1.82, 2.24) is 9.80 Å². The van der Waals surface area contributed by atoms with Crippen LogP contribution in [-0.2, 0) is 0 Å². The fourth-order valence-electron chi connectivity index (χ4n) is 2.22. The van der Waals surface area contributed by atoms with Gasteiger partial charge in [-0.3, -0.25) is 0 Å². The summed E-state index contributed by atoms with van der Waals surface area (Å²) < 4.78 is 5.23. The molecule has 114 valence electrons.